The van der Waals surface area contributed by atoms with Crippen molar-refractivity contribution in [3.63, 3.8) is 0 Å². The third kappa shape index (κ3) is 2.92. The van der Waals surface area contributed by atoms with Crippen LogP contribution in [0.15, 0.2) is 23.0 Å². The molecule has 0 N–H and O–H groups in total. The number of ether oxygens (including phenoxy) is 1. The molecule has 110 valence electrons. The van der Waals surface area contributed by atoms with Gasteiger partial charge in [0.05, 0.1) is 18.6 Å². The molecule has 4 heteroatoms. The molecular weight excluding hydrogens is 252 g/mol. The second-order valence-electron chi connectivity index (χ2n) is 6.65. The van der Waals surface area contributed by atoms with Gasteiger partial charge in [0.15, 0.2) is 0 Å². The van der Waals surface area contributed by atoms with Gasteiger partial charge in [0.2, 0.25) is 0 Å². The number of furan rings is 1. The second kappa shape index (κ2) is 5.51. The van der Waals surface area contributed by atoms with Crippen LogP contribution in [0.5, 0.6) is 0 Å². The highest BCUT2D eigenvalue weighted by Crippen LogP contribution is 2.31. The van der Waals surface area contributed by atoms with Gasteiger partial charge in [-0.15, -0.1) is 0 Å². The fourth-order valence-corrected chi connectivity index (χ4v) is 3.52. The minimum atomic E-state index is 0.481. The molecule has 0 unspecified atom stereocenters. The van der Waals surface area contributed by atoms with E-state index in [1.165, 1.54) is 37.9 Å². The Labute approximate surface area is 120 Å². The molecule has 0 amide bonds. The molecule has 1 aliphatic carbocycles. The summed E-state index contributed by atoms with van der Waals surface area (Å²) in [6.07, 6.45) is 8.10. The van der Waals surface area contributed by atoms with E-state index in [-0.39, 0.29) is 0 Å². The molecule has 3 heterocycles. The van der Waals surface area contributed by atoms with Crippen LogP contribution in [-0.2, 0) is 11.3 Å². The first kappa shape index (κ1) is 12.9. The van der Waals surface area contributed by atoms with Crippen molar-refractivity contribution in [2.75, 3.05) is 32.8 Å². The molecule has 1 aromatic heterocycles. The first-order valence-corrected chi connectivity index (χ1v) is 7.96. The maximum Gasteiger partial charge on any atom is 0.0947 e. The average molecular weight is 276 g/mol. The highest BCUT2D eigenvalue weighted by Gasteiger charge is 2.37. The predicted molar refractivity (Wildman–Crippen MR) is 76.4 cm³/mol. The van der Waals surface area contributed by atoms with Crippen LogP contribution < -0.4 is 0 Å². The topological polar surface area (TPSA) is 28.9 Å². The van der Waals surface area contributed by atoms with Gasteiger partial charge in [0.25, 0.3) is 0 Å². The molecular formula is C16H24N2O2. The van der Waals surface area contributed by atoms with Gasteiger partial charge in [-0.05, 0) is 31.2 Å². The molecule has 20 heavy (non-hydrogen) atoms. The normalized spacial score (nSPS) is 31.6. The zero-order valence-corrected chi connectivity index (χ0v) is 12.0. The van der Waals surface area contributed by atoms with Crippen LogP contribution in [0, 0.1) is 5.92 Å². The standard InChI is InChI=1S/C16H24N2O2/c1-2-13(1)12-20-16-7-15-9-17(4-5-18(15)10-16)8-14-3-6-19-11-14/h3,6,11,13,15-16H,1-2,4-5,7-10,12H2/t15-,16+/m1/s1. The van der Waals surface area contributed by atoms with Gasteiger partial charge < -0.3 is 9.15 Å². The second-order valence-corrected chi connectivity index (χ2v) is 6.65. The number of nitrogens with zero attached hydrogens (tertiary/aromatic N) is 2. The average Bonchev–Trinajstić information content (AvgIpc) is 2.97. The predicted octanol–water partition coefficient (Wildman–Crippen LogP) is 1.96. The molecule has 0 bridgehead atoms. The Morgan fingerprint density at radius 1 is 1.25 bits per heavy atom. The monoisotopic (exact) mass is 276 g/mol. The van der Waals surface area contributed by atoms with Gasteiger partial charge in [0, 0.05) is 50.9 Å². The van der Waals surface area contributed by atoms with Crippen LogP contribution in [0.25, 0.3) is 0 Å². The molecule has 2 saturated heterocycles. The van der Waals surface area contributed by atoms with Gasteiger partial charge >= 0.3 is 0 Å². The highest BCUT2D eigenvalue weighted by molar-refractivity contribution is 5.05. The molecule has 0 radical (unpaired) electrons. The van der Waals surface area contributed by atoms with Crippen LogP contribution in [0.1, 0.15) is 24.8 Å². The first-order valence-electron chi connectivity index (χ1n) is 7.96. The van der Waals surface area contributed by atoms with E-state index < -0.39 is 0 Å². The fourth-order valence-electron chi connectivity index (χ4n) is 3.52. The van der Waals surface area contributed by atoms with E-state index >= 15 is 0 Å². The summed E-state index contributed by atoms with van der Waals surface area (Å²) in [6, 6.07) is 2.77. The highest BCUT2D eigenvalue weighted by atomic mass is 16.5. The fraction of sp³-hybridized carbons (Fsp3) is 0.750. The summed E-state index contributed by atoms with van der Waals surface area (Å²) < 4.78 is 11.2. The molecule has 2 aliphatic heterocycles. The van der Waals surface area contributed by atoms with Crippen molar-refractivity contribution in [1.82, 2.24) is 9.80 Å². The van der Waals surface area contributed by atoms with E-state index in [0.717, 1.165) is 32.2 Å². The zero-order chi connectivity index (χ0) is 13.4. The van der Waals surface area contributed by atoms with Crippen molar-refractivity contribution in [2.45, 2.75) is 38.0 Å². The Hall–Kier alpha value is -0.840. The summed E-state index contributed by atoms with van der Waals surface area (Å²) in [6.45, 7) is 6.70. The lowest BCUT2D eigenvalue weighted by Gasteiger charge is -2.37. The minimum absolute atomic E-state index is 0.481. The smallest absolute Gasteiger partial charge is 0.0947 e. The Balaban J connectivity index is 1.28. The van der Waals surface area contributed by atoms with Crippen molar-refractivity contribution in [1.29, 1.82) is 0 Å². The van der Waals surface area contributed by atoms with Gasteiger partial charge in [-0.3, -0.25) is 9.80 Å². The summed E-state index contributed by atoms with van der Waals surface area (Å²) >= 11 is 0. The van der Waals surface area contributed by atoms with Gasteiger partial charge in [-0.25, -0.2) is 0 Å². The lowest BCUT2D eigenvalue weighted by molar-refractivity contribution is 0.0508. The third-order valence-corrected chi connectivity index (χ3v) is 4.91. The first-order chi connectivity index (χ1) is 9.87. The number of rotatable bonds is 5. The van der Waals surface area contributed by atoms with Gasteiger partial charge in [0.1, 0.15) is 0 Å². The molecule has 1 aromatic rings. The number of piperazine rings is 1. The quantitative estimate of drug-likeness (QED) is 0.822. The van der Waals surface area contributed by atoms with E-state index in [1.807, 2.05) is 6.26 Å². The SMILES string of the molecule is c1cc(CN2CCN3C[C@@H](OCC4CC4)C[C@@H]3C2)co1. The third-order valence-electron chi connectivity index (χ3n) is 4.91. The molecule has 1 saturated carbocycles. The van der Waals surface area contributed by atoms with E-state index in [1.54, 1.807) is 6.26 Å². The molecule has 3 fully saturated rings. The Morgan fingerprint density at radius 2 is 2.20 bits per heavy atom. The van der Waals surface area contributed by atoms with Crippen molar-refractivity contribution < 1.29 is 9.15 Å². The van der Waals surface area contributed by atoms with Crippen molar-refractivity contribution in [3.8, 4) is 0 Å². The van der Waals surface area contributed by atoms with E-state index in [9.17, 15) is 0 Å². The molecule has 0 aromatic carbocycles. The van der Waals surface area contributed by atoms with Crippen LogP contribution >= 0.6 is 0 Å². The summed E-state index contributed by atoms with van der Waals surface area (Å²) in [5.41, 5.74) is 1.29. The summed E-state index contributed by atoms with van der Waals surface area (Å²) in [5.74, 6) is 0.880. The lowest BCUT2D eigenvalue weighted by atomic mass is 10.1. The van der Waals surface area contributed by atoms with E-state index in [4.69, 9.17) is 9.15 Å². The minimum Gasteiger partial charge on any atom is -0.472 e. The summed E-state index contributed by atoms with van der Waals surface area (Å²) in [4.78, 5) is 5.18. The number of hydrogen-bond acceptors (Lipinski definition) is 4. The van der Waals surface area contributed by atoms with Crippen LogP contribution in [0.2, 0.25) is 0 Å². The van der Waals surface area contributed by atoms with Crippen molar-refractivity contribution in [2.24, 2.45) is 5.92 Å². The van der Waals surface area contributed by atoms with Crippen molar-refractivity contribution >= 4 is 0 Å². The van der Waals surface area contributed by atoms with Crippen molar-refractivity contribution in [3.05, 3.63) is 24.2 Å². The summed E-state index contributed by atoms with van der Waals surface area (Å²) in [5, 5.41) is 0. The van der Waals surface area contributed by atoms with E-state index in [0.29, 0.717) is 12.1 Å². The van der Waals surface area contributed by atoms with Gasteiger partial charge in [-0.1, -0.05) is 0 Å². The van der Waals surface area contributed by atoms with Crippen LogP contribution in [-0.4, -0.2) is 54.7 Å². The van der Waals surface area contributed by atoms with Crippen LogP contribution in [0.4, 0.5) is 0 Å². The largest absolute Gasteiger partial charge is 0.472 e. The summed E-state index contributed by atoms with van der Waals surface area (Å²) in [7, 11) is 0. The molecule has 4 rings (SSSR count). The van der Waals surface area contributed by atoms with Crippen LogP contribution in [0.3, 0.4) is 0 Å². The van der Waals surface area contributed by atoms with Gasteiger partial charge in [-0.2, -0.15) is 0 Å². The Kier molecular flexibility index (Phi) is 3.54. The lowest BCUT2D eigenvalue weighted by Crippen LogP contribution is -2.49. The molecule has 0 spiro atoms. The molecule has 4 nitrogen and oxygen atoms in total. The number of fused-ring (bicyclic) bond motifs is 1. The maximum absolute atomic E-state index is 6.08. The maximum atomic E-state index is 6.08. The zero-order valence-electron chi connectivity index (χ0n) is 12.0. The van der Waals surface area contributed by atoms with E-state index in [2.05, 4.69) is 15.9 Å². The number of hydrogen-bond donors (Lipinski definition) is 0. The Bertz CT molecular complexity index is 430. The Morgan fingerprint density at radius 3 is 3.00 bits per heavy atom. The molecule has 3 aliphatic rings. The molecule has 2 atom stereocenters.